The first-order valence-corrected chi connectivity index (χ1v) is 6.45. The van der Waals surface area contributed by atoms with E-state index in [1.54, 1.807) is 0 Å². The van der Waals surface area contributed by atoms with Crippen molar-refractivity contribution in [1.29, 1.82) is 0 Å². The monoisotopic (exact) mass is 243 g/mol. The van der Waals surface area contributed by atoms with Crippen LogP contribution in [0.15, 0.2) is 23.1 Å². The number of benzene rings is 1. The van der Waals surface area contributed by atoms with Crippen molar-refractivity contribution in [3.63, 3.8) is 0 Å². The SMILES string of the molecule is CC(C)C(C)Sc1ccc(Cl)cc1CN. The zero-order valence-corrected chi connectivity index (χ0v) is 11.0. The maximum absolute atomic E-state index is 5.93. The minimum Gasteiger partial charge on any atom is -0.326 e. The Balaban J connectivity index is 2.84. The molecule has 0 amide bonds. The highest BCUT2D eigenvalue weighted by molar-refractivity contribution is 8.00. The Kier molecular flexibility index (Phi) is 4.97. The van der Waals surface area contributed by atoms with Crippen LogP contribution in [-0.2, 0) is 6.54 Å². The molecule has 0 heterocycles. The van der Waals surface area contributed by atoms with E-state index in [0.717, 1.165) is 10.6 Å². The lowest BCUT2D eigenvalue weighted by molar-refractivity contribution is 0.642. The number of halogens is 1. The summed E-state index contributed by atoms with van der Waals surface area (Å²) in [4.78, 5) is 1.25. The lowest BCUT2D eigenvalue weighted by atomic mass is 10.2. The van der Waals surface area contributed by atoms with Gasteiger partial charge in [-0.3, -0.25) is 0 Å². The van der Waals surface area contributed by atoms with E-state index < -0.39 is 0 Å². The summed E-state index contributed by atoms with van der Waals surface area (Å²) in [6.45, 7) is 7.25. The number of hydrogen-bond acceptors (Lipinski definition) is 2. The summed E-state index contributed by atoms with van der Waals surface area (Å²) < 4.78 is 0. The predicted octanol–water partition coefficient (Wildman–Crippen LogP) is 3.94. The second-order valence-corrected chi connectivity index (χ2v) is 5.88. The van der Waals surface area contributed by atoms with Gasteiger partial charge in [0.2, 0.25) is 0 Å². The predicted molar refractivity (Wildman–Crippen MR) is 69.5 cm³/mol. The third kappa shape index (κ3) is 3.71. The molecule has 0 radical (unpaired) electrons. The topological polar surface area (TPSA) is 26.0 Å². The van der Waals surface area contributed by atoms with E-state index in [1.807, 2.05) is 23.9 Å². The van der Waals surface area contributed by atoms with Crippen LogP contribution < -0.4 is 5.73 Å². The summed E-state index contributed by atoms with van der Waals surface area (Å²) >= 11 is 7.80. The van der Waals surface area contributed by atoms with Gasteiger partial charge in [-0.1, -0.05) is 32.4 Å². The highest BCUT2D eigenvalue weighted by Crippen LogP contribution is 2.31. The molecule has 0 fully saturated rings. The van der Waals surface area contributed by atoms with Crippen LogP contribution >= 0.6 is 23.4 Å². The summed E-state index contributed by atoms with van der Waals surface area (Å²) in [5.41, 5.74) is 6.84. The zero-order valence-electron chi connectivity index (χ0n) is 9.46. The van der Waals surface area contributed by atoms with Crippen molar-refractivity contribution >= 4 is 23.4 Å². The van der Waals surface area contributed by atoms with Crippen molar-refractivity contribution in [3.8, 4) is 0 Å². The molecule has 0 aliphatic heterocycles. The van der Waals surface area contributed by atoms with E-state index in [1.165, 1.54) is 4.90 Å². The van der Waals surface area contributed by atoms with E-state index in [2.05, 4.69) is 26.8 Å². The average Bonchev–Trinajstić information content (AvgIpc) is 2.20. The van der Waals surface area contributed by atoms with Gasteiger partial charge in [-0.25, -0.2) is 0 Å². The Hall–Kier alpha value is -0.180. The van der Waals surface area contributed by atoms with E-state index >= 15 is 0 Å². The second kappa shape index (κ2) is 5.78. The number of nitrogens with two attached hydrogens (primary N) is 1. The molecule has 0 spiro atoms. The highest BCUT2D eigenvalue weighted by atomic mass is 35.5. The van der Waals surface area contributed by atoms with E-state index in [-0.39, 0.29) is 0 Å². The molecule has 0 aliphatic rings. The first-order valence-electron chi connectivity index (χ1n) is 5.19. The molecule has 1 rings (SSSR count). The maximum atomic E-state index is 5.93. The molecular weight excluding hydrogens is 226 g/mol. The van der Waals surface area contributed by atoms with Crippen molar-refractivity contribution in [2.75, 3.05) is 0 Å². The fourth-order valence-electron chi connectivity index (χ4n) is 1.16. The number of hydrogen-bond donors (Lipinski definition) is 1. The molecule has 0 saturated carbocycles. The third-order valence-corrected chi connectivity index (χ3v) is 4.30. The van der Waals surface area contributed by atoms with Gasteiger partial charge in [-0.2, -0.15) is 0 Å². The molecule has 1 unspecified atom stereocenters. The van der Waals surface area contributed by atoms with Crippen molar-refractivity contribution in [2.45, 2.75) is 37.5 Å². The van der Waals surface area contributed by atoms with Gasteiger partial charge in [0.25, 0.3) is 0 Å². The Labute approximate surface area is 101 Å². The van der Waals surface area contributed by atoms with Gasteiger partial charge >= 0.3 is 0 Å². The van der Waals surface area contributed by atoms with E-state index in [0.29, 0.717) is 17.7 Å². The number of rotatable bonds is 4. The Morgan fingerprint density at radius 2 is 2.00 bits per heavy atom. The van der Waals surface area contributed by atoms with Crippen molar-refractivity contribution in [3.05, 3.63) is 28.8 Å². The van der Waals surface area contributed by atoms with Crippen LogP contribution in [0.5, 0.6) is 0 Å². The average molecular weight is 244 g/mol. The third-order valence-electron chi connectivity index (χ3n) is 2.49. The van der Waals surface area contributed by atoms with Crippen LogP contribution in [0.1, 0.15) is 26.3 Å². The zero-order chi connectivity index (χ0) is 11.4. The van der Waals surface area contributed by atoms with Crippen LogP contribution in [0, 0.1) is 5.92 Å². The number of thioether (sulfide) groups is 1. The normalized spacial score (nSPS) is 13.2. The maximum Gasteiger partial charge on any atom is 0.0410 e. The van der Waals surface area contributed by atoms with Crippen molar-refractivity contribution in [2.24, 2.45) is 11.7 Å². The highest BCUT2D eigenvalue weighted by Gasteiger charge is 2.11. The standard InChI is InChI=1S/C12H18ClNS/c1-8(2)9(3)15-12-5-4-11(13)6-10(12)7-14/h4-6,8-9H,7,14H2,1-3H3. The van der Waals surface area contributed by atoms with E-state index in [9.17, 15) is 0 Å². The van der Waals surface area contributed by atoms with Crippen LogP contribution in [-0.4, -0.2) is 5.25 Å². The molecule has 0 saturated heterocycles. The lowest BCUT2D eigenvalue weighted by Crippen LogP contribution is -2.07. The lowest BCUT2D eigenvalue weighted by Gasteiger charge is -2.17. The molecule has 3 heteroatoms. The summed E-state index contributed by atoms with van der Waals surface area (Å²) in [7, 11) is 0. The van der Waals surface area contributed by atoms with Crippen molar-refractivity contribution in [1.82, 2.24) is 0 Å². The van der Waals surface area contributed by atoms with Gasteiger partial charge in [0.15, 0.2) is 0 Å². The first kappa shape index (κ1) is 12.9. The molecule has 1 nitrogen and oxygen atoms in total. The molecule has 1 aromatic carbocycles. The van der Waals surface area contributed by atoms with Gasteiger partial charge in [0, 0.05) is 21.7 Å². The molecule has 2 N–H and O–H groups in total. The van der Waals surface area contributed by atoms with Crippen molar-refractivity contribution < 1.29 is 0 Å². The van der Waals surface area contributed by atoms with Crippen LogP contribution in [0.4, 0.5) is 0 Å². The fraction of sp³-hybridized carbons (Fsp3) is 0.500. The minimum atomic E-state index is 0.549. The molecule has 0 bridgehead atoms. The van der Waals surface area contributed by atoms with Crippen LogP contribution in [0.2, 0.25) is 5.02 Å². The first-order chi connectivity index (χ1) is 7.04. The van der Waals surface area contributed by atoms with Gasteiger partial charge in [-0.15, -0.1) is 11.8 Å². The van der Waals surface area contributed by atoms with Gasteiger partial charge in [-0.05, 0) is 29.7 Å². The molecule has 1 atom stereocenters. The molecule has 0 aliphatic carbocycles. The summed E-state index contributed by atoms with van der Waals surface area (Å²) in [5.74, 6) is 0.663. The molecule has 15 heavy (non-hydrogen) atoms. The Bertz CT molecular complexity index is 325. The van der Waals surface area contributed by atoms with Gasteiger partial charge < -0.3 is 5.73 Å². The fourth-order valence-corrected chi connectivity index (χ4v) is 2.47. The second-order valence-electron chi connectivity index (χ2n) is 4.02. The van der Waals surface area contributed by atoms with Crippen LogP contribution in [0.3, 0.4) is 0 Å². The Morgan fingerprint density at radius 1 is 1.33 bits per heavy atom. The minimum absolute atomic E-state index is 0.549. The molecule has 1 aromatic rings. The molecular formula is C12H18ClNS. The van der Waals surface area contributed by atoms with Gasteiger partial charge in [0.05, 0.1) is 0 Å². The Morgan fingerprint density at radius 3 is 2.53 bits per heavy atom. The summed E-state index contributed by atoms with van der Waals surface area (Å²) in [6, 6.07) is 5.95. The van der Waals surface area contributed by atoms with E-state index in [4.69, 9.17) is 17.3 Å². The molecule has 0 aromatic heterocycles. The molecule has 84 valence electrons. The largest absolute Gasteiger partial charge is 0.326 e. The summed E-state index contributed by atoms with van der Waals surface area (Å²) in [5, 5.41) is 1.36. The van der Waals surface area contributed by atoms with Gasteiger partial charge in [0.1, 0.15) is 0 Å². The smallest absolute Gasteiger partial charge is 0.0410 e. The summed E-state index contributed by atoms with van der Waals surface area (Å²) in [6.07, 6.45) is 0. The quantitative estimate of drug-likeness (QED) is 0.811. The van der Waals surface area contributed by atoms with Crippen LogP contribution in [0.25, 0.3) is 0 Å².